The molecule has 0 fully saturated rings. The fourth-order valence-electron chi connectivity index (χ4n) is 1.80. The highest BCUT2D eigenvalue weighted by atomic mass is 32.2. The Bertz CT molecular complexity index is 830. The zero-order valence-electron chi connectivity index (χ0n) is 13.1. The van der Waals surface area contributed by atoms with Crippen LogP contribution in [0.25, 0.3) is 0 Å². The minimum atomic E-state index is -0.714. The lowest BCUT2D eigenvalue weighted by atomic mass is 10.2. The van der Waals surface area contributed by atoms with Crippen molar-refractivity contribution in [1.82, 2.24) is 15.5 Å². The van der Waals surface area contributed by atoms with Gasteiger partial charge in [0.1, 0.15) is 12.3 Å². The summed E-state index contributed by atoms with van der Waals surface area (Å²) in [7, 11) is 0. The number of aromatic nitrogens is 2. The molecule has 3 aromatic rings. The van der Waals surface area contributed by atoms with Crippen molar-refractivity contribution in [2.75, 3.05) is 5.32 Å². The number of hydrogen-bond donors (Lipinski definition) is 2. The molecule has 7 nitrogen and oxygen atoms in total. The van der Waals surface area contributed by atoms with Crippen LogP contribution in [0.2, 0.25) is 0 Å². The smallest absolute Gasteiger partial charge is 0.255 e. The van der Waals surface area contributed by atoms with E-state index in [1.165, 1.54) is 34.8 Å². The topological polar surface area (TPSA) is 97.1 Å². The summed E-state index contributed by atoms with van der Waals surface area (Å²) < 4.78 is 5.62. The van der Waals surface area contributed by atoms with Crippen LogP contribution in [-0.2, 0) is 10.5 Å². The second-order valence-corrected chi connectivity index (χ2v) is 8.17. The standard InChI is InChI=1S/C15H14N4O3S3/c1-9(16-13(21)10-4-5-22-7-10)12(20)17-14-18-19-15(25-14)24-8-11-3-2-6-23-11/h2-7,9H,8H2,1H3,(H,16,21)(H,17,18,20). The van der Waals surface area contributed by atoms with E-state index in [4.69, 9.17) is 4.42 Å². The first-order valence-electron chi connectivity index (χ1n) is 7.24. The van der Waals surface area contributed by atoms with Crippen molar-refractivity contribution in [3.63, 3.8) is 0 Å². The molecule has 0 aliphatic rings. The zero-order chi connectivity index (χ0) is 17.6. The van der Waals surface area contributed by atoms with E-state index in [1.807, 2.05) is 11.4 Å². The molecule has 2 amide bonds. The lowest BCUT2D eigenvalue weighted by Crippen LogP contribution is -2.41. The third-order valence-corrected chi connectivity index (χ3v) is 6.16. The van der Waals surface area contributed by atoms with Gasteiger partial charge in [0, 0.05) is 10.6 Å². The predicted octanol–water partition coefficient (Wildman–Crippen LogP) is 3.24. The molecule has 0 bridgehead atoms. The van der Waals surface area contributed by atoms with Gasteiger partial charge < -0.3 is 9.73 Å². The van der Waals surface area contributed by atoms with Crippen molar-refractivity contribution in [1.29, 1.82) is 0 Å². The number of amides is 2. The number of carbonyl (C=O) groups is 2. The molecule has 0 saturated heterocycles. The highest BCUT2D eigenvalue weighted by molar-refractivity contribution is 8.00. The van der Waals surface area contributed by atoms with Crippen LogP contribution >= 0.6 is 34.4 Å². The predicted molar refractivity (Wildman–Crippen MR) is 98.1 cm³/mol. The molecule has 25 heavy (non-hydrogen) atoms. The SMILES string of the molecule is CC(NC(=O)c1ccoc1)C(=O)Nc1nnc(SCc2cccs2)s1. The van der Waals surface area contributed by atoms with Crippen LogP contribution in [0.3, 0.4) is 0 Å². The van der Waals surface area contributed by atoms with Crippen molar-refractivity contribution >= 4 is 51.4 Å². The zero-order valence-corrected chi connectivity index (χ0v) is 15.5. The van der Waals surface area contributed by atoms with Gasteiger partial charge in [-0.05, 0) is 24.4 Å². The lowest BCUT2D eigenvalue weighted by molar-refractivity contribution is -0.117. The molecule has 130 valence electrons. The Kier molecular flexibility index (Phi) is 5.84. The Morgan fingerprint density at radius 2 is 2.24 bits per heavy atom. The van der Waals surface area contributed by atoms with Gasteiger partial charge in [0.15, 0.2) is 4.34 Å². The van der Waals surface area contributed by atoms with Crippen LogP contribution in [-0.4, -0.2) is 28.1 Å². The number of nitrogens with one attached hydrogen (secondary N) is 2. The maximum absolute atomic E-state index is 12.2. The molecule has 3 heterocycles. The third-order valence-electron chi connectivity index (χ3n) is 3.08. The van der Waals surface area contributed by atoms with E-state index in [2.05, 4.69) is 26.9 Å². The molecule has 10 heteroatoms. The van der Waals surface area contributed by atoms with Crippen LogP contribution in [0.15, 0.2) is 44.9 Å². The number of anilines is 1. The van der Waals surface area contributed by atoms with E-state index in [0.29, 0.717) is 10.7 Å². The van der Waals surface area contributed by atoms with Crippen molar-refractivity contribution in [3.8, 4) is 0 Å². The number of thioether (sulfide) groups is 1. The second-order valence-electron chi connectivity index (χ2n) is 4.94. The summed E-state index contributed by atoms with van der Waals surface area (Å²) in [6.45, 7) is 1.60. The van der Waals surface area contributed by atoms with Gasteiger partial charge in [0.05, 0.1) is 11.8 Å². The molecular formula is C15H14N4O3S3. The van der Waals surface area contributed by atoms with Gasteiger partial charge in [0.2, 0.25) is 11.0 Å². The molecule has 0 radical (unpaired) electrons. The first-order chi connectivity index (χ1) is 12.1. The first-order valence-corrected chi connectivity index (χ1v) is 9.92. The van der Waals surface area contributed by atoms with E-state index >= 15 is 0 Å². The maximum atomic E-state index is 12.2. The summed E-state index contributed by atoms with van der Waals surface area (Å²) in [6.07, 6.45) is 2.72. The molecule has 0 saturated carbocycles. The number of furan rings is 1. The van der Waals surface area contributed by atoms with Crippen molar-refractivity contribution in [2.45, 2.75) is 23.1 Å². The van der Waals surface area contributed by atoms with Gasteiger partial charge in [-0.15, -0.1) is 21.5 Å². The molecule has 1 atom stereocenters. The summed E-state index contributed by atoms with van der Waals surface area (Å²) in [5, 5.41) is 15.7. The molecule has 1 unspecified atom stereocenters. The Labute approximate surface area is 155 Å². The van der Waals surface area contributed by atoms with Crippen LogP contribution < -0.4 is 10.6 Å². The highest BCUT2D eigenvalue weighted by Crippen LogP contribution is 2.29. The summed E-state index contributed by atoms with van der Waals surface area (Å²) >= 11 is 4.56. The summed E-state index contributed by atoms with van der Waals surface area (Å²) in [4.78, 5) is 25.3. The Balaban J connectivity index is 1.49. The average molecular weight is 395 g/mol. The molecule has 0 aliphatic carbocycles. The van der Waals surface area contributed by atoms with E-state index < -0.39 is 6.04 Å². The molecule has 2 N–H and O–H groups in total. The minimum Gasteiger partial charge on any atom is -0.472 e. The molecule has 0 aromatic carbocycles. The second kappa shape index (κ2) is 8.28. The number of carbonyl (C=O) groups excluding carboxylic acids is 2. The van der Waals surface area contributed by atoms with E-state index in [1.54, 1.807) is 30.0 Å². The summed E-state index contributed by atoms with van der Waals surface area (Å²) in [6, 6.07) is 4.88. The molecule has 0 spiro atoms. The largest absolute Gasteiger partial charge is 0.472 e. The van der Waals surface area contributed by atoms with Crippen LogP contribution in [0.1, 0.15) is 22.2 Å². The number of nitrogens with zero attached hydrogens (tertiary/aromatic N) is 2. The summed E-state index contributed by atoms with van der Waals surface area (Å²) in [5.74, 6) is 0.0841. The van der Waals surface area contributed by atoms with Crippen LogP contribution in [0.5, 0.6) is 0 Å². The van der Waals surface area contributed by atoms with Gasteiger partial charge >= 0.3 is 0 Å². The van der Waals surface area contributed by atoms with Crippen LogP contribution in [0.4, 0.5) is 5.13 Å². The normalized spacial score (nSPS) is 11.9. The van der Waals surface area contributed by atoms with E-state index in [-0.39, 0.29) is 11.8 Å². The highest BCUT2D eigenvalue weighted by Gasteiger charge is 2.19. The van der Waals surface area contributed by atoms with E-state index in [0.717, 1.165) is 10.1 Å². The Hall–Kier alpha value is -2.17. The number of hydrogen-bond acceptors (Lipinski definition) is 8. The van der Waals surface area contributed by atoms with Crippen LogP contribution in [0, 0.1) is 0 Å². The van der Waals surface area contributed by atoms with Crippen molar-refractivity contribution < 1.29 is 14.0 Å². The number of rotatable bonds is 7. The van der Waals surface area contributed by atoms with Gasteiger partial charge in [0.25, 0.3) is 5.91 Å². The molecule has 3 rings (SSSR count). The van der Waals surface area contributed by atoms with Gasteiger partial charge in [-0.1, -0.05) is 29.2 Å². The van der Waals surface area contributed by atoms with Crippen molar-refractivity contribution in [3.05, 3.63) is 46.5 Å². The monoisotopic (exact) mass is 394 g/mol. The Morgan fingerprint density at radius 1 is 1.36 bits per heavy atom. The average Bonchev–Trinajstić information content (AvgIpc) is 3.34. The fraction of sp³-hybridized carbons (Fsp3) is 0.200. The minimum absolute atomic E-state index is 0.359. The van der Waals surface area contributed by atoms with E-state index in [9.17, 15) is 9.59 Å². The molecular weight excluding hydrogens is 380 g/mol. The van der Waals surface area contributed by atoms with Crippen molar-refractivity contribution in [2.24, 2.45) is 0 Å². The number of thiophene rings is 1. The van der Waals surface area contributed by atoms with Gasteiger partial charge in [-0.25, -0.2) is 0 Å². The molecule has 0 aliphatic heterocycles. The quantitative estimate of drug-likeness (QED) is 0.472. The maximum Gasteiger partial charge on any atom is 0.255 e. The van der Waals surface area contributed by atoms with Gasteiger partial charge in [-0.3, -0.25) is 14.9 Å². The fourth-order valence-corrected chi connectivity index (χ4v) is 4.33. The van der Waals surface area contributed by atoms with Gasteiger partial charge in [-0.2, -0.15) is 0 Å². The summed E-state index contributed by atoms with van der Waals surface area (Å²) in [5.41, 5.74) is 0.364. The Morgan fingerprint density at radius 3 is 2.96 bits per heavy atom. The molecule has 3 aromatic heterocycles. The lowest BCUT2D eigenvalue weighted by Gasteiger charge is -2.11. The first kappa shape index (κ1) is 17.6. The third kappa shape index (κ3) is 4.91.